The van der Waals surface area contributed by atoms with Gasteiger partial charge in [0.1, 0.15) is 11.6 Å². The summed E-state index contributed by atoms with van der Waals surface area (Å²) >= 11 is 0. The van der Waals surface area contributed by atoms with Crippen LogP contribution >= 0.6 is 0 Å². The Balaban J connectivity index is 0.911. The Labute approximate surface area is 364 Å². The van der Waals surface area contributed by atoms with Crippen molar-refractivity contribution in [3.63, 3.8) is 0 Å². The molecule has 4 aliphatic rings. The van der Waals surface area contributed by atoms with Crippen LogP contribution in [0, 0.1) is 24.5 Å². The zero-order chi connectivity index (χ0) is 43.9. The van der Waals surface area contributed by atoms with Gasteiger partial charge < -0.3 is 23.8 Å². The number of pyridine rings is 1. The third kappa shape index (κ3) is 8.60. The summed E-state index contributed by atoms with van der Waals surface area (Å²) in [4.78, 5) is 54.6. The molecule has 63 heavy (non-hydrogen) atoms. The molecule has 9 rings (SSSR count). The second kappa shape index (κ2) is 17.7. The molecule has 2 N–H and O–H groups in total. The van der Waals surface area contributed by atoms with E-state index >= 15 is 8.78 Å². The van der Waals surface area contributed by atoms with E-state index in [-0.39, 0.29) is 42.3 Å². The van der Waals surface area contributed by atoms with Crippen LogP contribution in [0.2, 0.25) is 0 Å². The molecule has 0 unspecified atom stereocenters. The minimum absolute atomic E-state index is 0.0483. The van der Waals surface area contributed by atoms with E-state index in [4.69, 9.17) is 19.4 Å². The van der Waals surface area contributed by atoms with Gasteiger partial charge in [-0.15, -0.1) is 0 Å². The van der Waals surface area contributed by atoms with Crippen molar-refractivity contribution in [3.8, 4) is 17.1 Å². The van der Waals surface area contributed by atoms with E-state index in [1.807, 2.05) is 24.9 Å². The number of carbonyl (C=O) groups excluding carboxylic acids is 3. The molecule has 4 aliphatic heterocycles. The van der Waals surface area contributed by atoms with Crippen LogP contribution < -0.4 is 25.2 Å². The average molecular weight is 865 g/mol. The molecule has 5 aromatic rings. The first-order chi connectivity index (χ1) is 30.4. The molecule has 0 radical (unpaired) electrons. The molecule has 3 aromatic heterocycles. The number of imidazole rings is 1. The summed E-state index contributed by atoms with van der Waals surface area (Å²) in [6.07, 6.45) is 5.23. The molecule has 2 bridgehead atoms. The van der Waals surface area contributed by atoms with E-state index in [0.717, 1.165) is 67.6 Å². The number of hydrogen-bond donors (Lipinski definition) is 2. The maximum absolute atomic E-state index is 15.4. The number of benzene rings is 2. The number of amides is 3. The monoisotopic (exact) mass is 864 g/mol. The molecule has 3 fully saturated rings. The summed E-state index contributed by atoms with van der Waals surface area (Å²) in [7, 11) is 3.56. The number of nitrogens with one attached hydrogen (secondary N) is 2. The van der Waals surface area contributed by atoms with Crippen molar-refractivity contribution >= 4 is 46.1 Å². The van der Waals surface area contributed by atoms with Crippen LogP contribution in [0.3, 0.4) is 0 Å². The second-order valence-corrected chi connectivity index (χ2v) is 17.5. The molecule has 0 spiro atoms. The number of piperazine rings is 1. The van der Waals surface area contributed by atoms with Crippen LogP contribution in [0.1, 0.15) is 73.0 Å². The van der Waals surface area contributed by atoms with Gasteiger partial charge in [-0.3, -0.25) is 34.9 Å². The van der Waals surface area contributed by atoms with E-state index in [2.05, 4.69) is 49.2 Å². The van der Waals surface area contributed by atoms with Crippen molar-refractivity contribution < 1.29 is 32.6 Å². The molecule has 15 nitrogen and oxygen atoms in total. The fraction of sp³-hybridized carbons (Fsp3) is 0.478. The molecule has 332 valence electrons. The molecular weight excluding hydrogens is 811 g/mol. The first-order valence-corrected chi connectivity index (χ1v) is 22.0. The van der Waals surface area contributed by atoms with Gasteiger partial charge >= 0.3 is 0 Å². The van der Waals surface area contributed by atoms with Crippen molar-refractivity contribution in [2.75, 3.05) is 68.2 Å². The Hall–Kier alpha value is -5.94. The number of nitrogens with zero attached hydrogens (tertiary/aromatic N) is 8. The van der Waals surface area contributed by atoms with Gasteiger partial charge in [-0.1, -0.05) is 6.92 Å². The fourth-order valence-electron chi connectivity index (χ4n) is 9.89. The lowest BCUT2D eigenvalue weighted by molar-refractivity contribution is -0.134. The molecule has 3 saturated heterocycles. The number of methoxy groups -OCH3 is 1. The summed E-state index contributed by atoms with van der Waals surface area (Å²) in [6.45, 7) is 9.42. The summed E-state index contributed by atoms with van der Waals surface area (Å²) in [6, 6.07) is 12.8. The highest BCUT2D eigenvalue weighted by Crippen LogP contribution is 2.36. The van der Waals surface area contributed by atoms with Crippen LogP contribution in [-0.4, -0.2) is 112 Å². The molecule has 17 heteroatoms. The van der Waals surface area contributed by atoms with Crippen LogP contribution in [0.25, 0.3) is 22.3 Å². The topological polar surface area (TPSA) is 152 Å². The number of rotatable bonds is 6. The van der Waals surface area contributed by atoms with E-state index in [1.54, 1.807) is 30.1 Å². The standard InChI is InChI=1S/C46H54F2N10O5/c1-27-6-5-17-63-45-35(23-49-54(45)3)39-19-29(18-28(2)50-39)43(60)53-46-51-38-9-7-31(22-40(38)58(46)24-27)57-16-15-56(25-33(57)26-62-4)30-11-13-55(14-12-30)32-20-36(47)42(37(48)21-32)34-8-10-41(59)52-44(34)61/h7,9,18-23,27,30,33-34H,5-6,8,10-17,24-26H2,1-4H3,(H,51,53,60)(H,52,59,61)/t27-,33+,34+/m1/s1. The van der Waals surface area contributed by atoms with Crippen molar-refractivity contribution in [1.82, 2.24) is 34.5 Å². The molecule has 3 atom stereocenters. The van der Waals surface area contributed by atoms with Crippen molar-refractivity contribution in [1.29, 1.82) is 0 Å². The predicted octanol–water partition coefficient (Wildman–Crippen LogP) is 5.81. The van der Waals surface area contributed by atoms with E-state index in [1.165, 1.54) is 12.1 Å². The van der Waals surface area contributed by atoms with Gasteiger partial charge in [-0.25, -0.2) is 18.4 Å². The van der Waals surface area contributed by atoms with Crippen molar-refractivity contribution in [2.24, 2.45) is 13.0 Å². The number of aryl methyl sites for hydroxylation is 2. The van der Waals surface area contributed by atoms with Crippen molar-refractivity contribution in [3.05, 3.63) is 77.1 Å². The second-order valence-electron chi connectivity index (χ2n) is 17.5. The number of halogens is 2. The fourth-order valence-corrected chi connectivity index (χ4v) is 9.89. The van der Waals surface area contributed by atoms with Crippen LogP contribution in [0.5, 0.6) is 5.88 Å². The largest absolute Gasteiger partial charge is 0.477 e. The van der Waals surface area contributed by atoms with Gasteiger partial charge in [0.15, 0.2) is 0 Å². The Morgan fingerprint density at radius 2 is 1.70 bits per heavy atom. The zero-order valence-corrected chi connectivity index (χ0v) is 36.2. The highest BCUT2D eigenvalue weighted by Gasteiger charge is 2.36. The number of carbonyl (C=O) groups is 3. The van der Waals surface area contributed by atoms with Crippen LogP contribution in [0.4, 0.5) is 26.1 Å². The molecule has 7 heterocycles. The Kier molecular flexibility index (Phi) is 11.9. The maximum Gasteiger partial charge on any atom is 0.258 e. The highest BCUT2D eigenvalue weighted by atomic mass is 19.1. The molecular formula is C46H54F2N10O5. The number of ether oxygens (including phenoxy) is 2. The minimum atomic E-state index is -1.03. The predicted molar refractivity (Wildman–Crippen MR) is 234 cm³/mol. The molecule has 3 amide bonds. The van der Waals surface area contributed by atoms with Gasteiger partial charge in [0.25, 0.3) is 5.91 Å². The summed E-state index contributed by atoms with van der Waals surface area (Å²) in [5.74, 6) is -2.56. The van der Waals surface area contributed by atoms with Gasteiger partial charge in [0, 0.05) is 94.1 Å². The Bertz CT molecular complexity index is 2530. The minimum Gasteiger partial charge on any atom is -0.477 e. The number of aromatic nitrogens is 5. The summed E-state index contributed by atoms with van der Waals surface area (Å²) in [5.41, 5.74) is 5.47. The third-order valence-corrected chi connectivity index (χ3v) is 13.1. The molecule has 2 aromatic carbocycles. The Morgan fingerprint density at radius 1 is 0.905 bits per heavy atom. The number of piperidine rings is 2. The maximum atomic E-state index is 15.4. The number of hydrogen-bond acceptors (Lipinski definition) is 11. The number of anilines is 3. The van der Waals surface area contributed by atoms with E-state index < -0.39 is 29.4 Å². The van der Waals surface area contributed by atoms with Gasteiger partial charge in [0.2, 0.25) is 23.6 Å². The lowest BCUT2D eigenvalue weighted by Crippen LogP contribution is -2.59. The normalized spacial score (nSPS) is 21.9. The van der Waals surface area contributed by atoms with E-state index in [0.29, 0.717) is 67.3 Å². The van der Waals surface area contributed by atoms with Gasteiger partial charge in [0.05, 0.1) is 53.7 Å². The highest BCUT2D eigenvalue weighted by molar-refractivity contribution is 6.05. The number of imide groups is 1. The first kappa shape index (κ1) is 42.4. The smallest absolute Gasteiger partial charge is 0.258 e. The summed E-state index contributed by atoms with van der Waals surface area (Å²) in [5, 5.41) is 9.76. The zero-order valence-electron chi connectivity index (χ0n) is 36.2. The first-order valence-electron chi connectivity index (χ1n) is 22.0. The Morgan fingerprint density at radius 3 is 2.46 bits per heavy atom. The molecule has 0 aliphatic carbocycles. The molecule has 0 saturated carbocycles. The number of fused-ring (bicyclic) bond motifs is 7. The van der Waals surface area contributed by atoms with Crippen LogP contribution in [-0.2, 0) is 27.9 Å². The van der Waals surface area contributed by atoms with Gasteiger partial charge in [-0.05, 0) is 87.4 Å². The lowest BCUT2D eigenvalue weighted by atomic mass is 9.89. The summed E-state index contributed by atoms with van der Waals surface area (Å²) < 4.78 is 46.7. The van der Waals surface area contributed by atoms with E-state index in [9.17, 15) is 14.4 Å². The average Bonchev–Trinajstić information content (AvgIpc) is 3.80. The lowest BCUT2D eigenvalue weighted by Gasteiger charge is -2.47. The van der Waals surface area contributed by atoms with Gasteiger partial charge in [-0.2, -0.15) is 5.10 Å². The van der Waals surface area contributed by atoms with Crippen LogP contribution in [0.15, 0.2) is 48.7 Å². The quantitative estimate of drug-likeness (QED) is 0.199. The SMILES string of the molecule is COC[C@@H]1CN(C2CCN(c3cc(F)c([C@@H]4CCC(=O)NC4=O)c(F)c3)CC2)CCN1c1ccc2nc3n(c2c1)C[C@H](C)CCCOc1c(cnn1C)-c1cc(cc(C)n1)C(=O)N3. The van der Waals surface area contributed by atoms with Crippen molar-refractivity contribution in [2.45, 2.75) is 76.9 Å². The third-order valence-electron chi connectivity index (χ3n) is 13.1.